The number of nitrogens with zero attached hydrogens (tertiary/aromatic N) is 1. The van der Waals surface area contributed by atoms with Crippen LogP contribution in [0.1, 0.15) is 10.7 Å². The lowest BCUT2D eigenvalue weighted by Gasteiger charge is -2.01. The van der Waals surface area contributed by atoms with Gasteiger partial charge >= 0.3 is 0 Å². The Labute approximate surface area is 118 Å². The van der Waals surface area contributed by atoms with Gasteiger partial charge < -0.3 is 4.74 Å². The predicted molar refractivity (Wildman–Crippen MR) is 76.5 cm³/mol. The molecular formula is C12H12BrNOS2. The Bertz CT molecular complexity index is 487. The van der Waals surface area contributed by atoms with E-state index in [4.69, 9.17) is 4.74 Å². The van der Waals surface area contributed by atoms with Gasteiger partial charge in [-0.25, -0.2) is 4.98 Å². The van der Waals surface area contributed by atoms with Crippen molar-refractivity contribution in [2.75, 3.05) is 7.11 Å². The van der Waals surface area contributed by atoms with Crippen molar-refractivity contribution in [1.29, 1.82) is 0 Å². The second-order valence-corrected chi connectivity index (χ2v) is 6.20. The summed E-state index contributed by atoms with van der Waals surface area (Å²) >= 11 is 7.02. The number of halogens is 1. The molecule has 0 aliphatic carbocycles. The Morgan fingerprint density at radius 3 is 3.00 bits per heavy atom. The zero-order chi connectivity index (χ0) is 12.1. The van der Waals surface area contributed by atoms with Crippen molar-refractivity contribution >= 4 is 39.0 Å². The Hall–Kier alpha value is -0.360. The van der Waals surface area contributed by atoms with Crippen LogP contribution in [-0.4, -0.2) is 12.1 Å². The van der Waals surface area contributed by atoms with Gasteiger partial charge in [-0.05, 0) is 28.1 Å². The summed E-state index contributed by atoms with van der Waals surface area (Å²) in [6, 6.07) is 8.23. The molecule has 0 amide bonds. The number of hydrogen-bond acceptors (Lipinski definition) is 4. The topological polar surface area (TPSA) is 22.1 Å². The molecule has 5 heteroatoms. The van der Waals surface area contributed by atoms with Crippen molar-refractivity contribution in [3.63, 3.8) is 0 Å². The van der Waals surface area contributed by atoms with Gasteiger partial charge in [-0.2, -0.15) is 0 Å². The van der Waals surface area contributed by atoms with Gasteiger partial charge in [0.1, 0.15) is 5.01 Å². The first-order chi connectivity index (χ1) is 8.29. The van der Waals surface area contributed by atoms with E-state index in [2.05, 4.69) is 38.4 Å². The number of ether oxygens (including phenoxy) is 1. The molecule has 0 atom stereocenters. The van der Waals surface area contributed by atoms with Gasteiger partial charge in [0.25, 0.3) is 0 Å². The number of hydrogen-bond donors (Lipinski definition) is 0. The van der Waals surface area contributed by atoms with Crippen LogP contribution >= 0.6 is 39.0 Å². The van der Waals surface area contributed by atoms with Gasteiger partial charge in [-0.1, -0.05) is 12.1 Å². The third-order valence-electron chi connectivity index (χ3n) is 2.08. The molecule has 90 valence electrons. The predicted octanol–water partition coefficient (Wildman–Crippen LogP) is 4.34. The van der Waals surface area contributed by atoms with Crippen LogP contribution in [0.4, 0.5) is 0 Å². The van der Waals surface area contributed by atoms with Crippen molar-refractivity contribution in [2.45, 2.75) is 17.3 Å². The smallest absolute Gasteiger partial charge is 0.103 e. The molecule has 0 fully saturated rings. The first-order valence-corrected chi connectivity index (χ1v) is 7.75. The molecule has 0 bridgehead atoms. The van der Waals surface area contributed by atoms with Crippen LogP contribution in [0.5, 0.6) is 0 Å². The van der Waals surface area contributed by atoms with Crippen molar-refractivity contribution in [3.05, 3.63) is 44.8 Å². The number of aromatic nitrogens is 1. The monoisotopic (exact) mass is 329 g/mol. The van der Waals surface area contributed by atoms with Crippen LogP contribution in [0, 0.1) is 0 Å². The fourth-order valence-corrected chi connectivity index (χ4v) is 3.69. The van der Waals surface area contributed by atoms with Crippen molar-refractivity contribution < 1.29 is 4.74 Å². The highest BCUT2D eigenvalue weighted by atomic mass is 79.9. The average molecular weight is 330 g/mol. The molecule has 1 aromatic heterocycles. The van der Waals surface area contributed by atoms with E-state index in [9.17, 15) is 0 Å². The number of thiazole rings is 1. The standard InChI is InChI=1S/C12H12BrNOS2/c1-15-6-9-7-17-12(14-9)8-16-11-5-3-2-4-10(11)13/h2-5,7H,6,8H2,1H3. The minimum absolute atomic E-state index is 0.593. The summed E-state index contributed by atoms with van der Waals surface area (Å²) in [6.45, 7) is 0.593. The van der Waals surface area contributed by atoms with Gasteiger partial charge in [-0.15, -0.1) is 23.1 Å². The third-order valence-corrected chi connectivity index (χ3v) is 5.20. The molecular weight excluding hydrogens is 318 g/mol. The molecule has 0 aliphatic rings. The molecule has 17 heavy (non-hydrogen) atoms. The van der Waals surface area contributed by atoms with E-state index in [-0.39, 0.29) is 0 Å². The Morgan fingerprint density at radius 2 is 2.24 bits per heavy atom. The Morgan fingerprint density at radius 1 is 1.41 bits per heavy atom. The van der Waals surface area contributed by atoms with Crippen molar-refractivity contribution in [1.82, 2.24) is 4.98 Å². The normalized spacial score (nSPS) is 10.7. The van der Waals surface area contributed by atoms with Crippen LogP contribution in [0.15, 0.2) is 39.0 Å². The van der Waals surface area contributed by atoms with E-state index in [1.165, 1.54) is 4.90 Å². The number of methoxy groups -OCH3 is 1. The number of benzene rings is 1. The first kappa shape index (κ1) is 13.1. The van der Waals surface area contributed by atoms with Crippen molar-refractivity contribution in [3.8, 4) is 0 Å². The van der Waals surface area contributed by atoms with E-state index in [0.717, 1.165) is 20.9 Å². The number of rotatable bonds is 5. The lowest BCUT2D eigenvalue weighted by Crippen LogP contribution is -1.88. The summed E-state index contributed by atoms with van der Waals surface area (Å²) < 4.78 is 6.19. The van der Waals surface area contributed by atoms with Crippen LogP contribution < -0.4 is 0 Å². The SMILES string of the molecule is COCc1csc(CSc2ccccc2Br)n1. The second-order valence-electron chi connectivity index (χ2n) is 3.38. The molecule has 2 nitrogen and oxygen atoms in total. The van der Waals surface area contributed by atoms with E-state index >= 15 is 0 Å². The van der Waals surface area contributed by atoms with Crippen LogP contribution in [-0.2, 0) is 17.1 Å². The molecule has 1 heterocycles. The maximum absolute atomic E-state index is 5.05. The summed E-state index contributed by atoms with van der Waals surface area (Å²) in [5.41, 5.74) is 1.01. The Balaban J connectivity index is 1.95. The molecule has 2 rings (SSSR count). The summed E-state index contributed by atoms with van der Waals surface area (Å²) in [5, 5.41) is 3.19. The molecule has 0 saturated carbocycles. The van der Waals surface area contributed by atoms with Gasteiger partial charge in [0.05, 0.1) is 18.1 Å². The van der Waals surface area contributed by atoms with Crippen LogP contribution in [0.3, 0.4) is 0 Å². The maximum Gasteiger partial charge on any atom is 0.103 e. The fraction of sp³-hybridized carbons (Fsp3) is 0.250. The quantitative estimate of drug-likeness (QED) is 0.761. The molecule has 0 N–H and O–H groups in total. The van der Waals surface area contributed by atoms with Crippen LogP contribution in [0.2, 0.25) is 0 Å². The molecule has 2 aromatic rings. The molecule has 1 aromatic carbocycles. The molecule has 0 saturated heterocycles. The highest BCUT2D eigenvalue weighted by Gasteiger charge is 2.04. The van der Waals surface area contributed by atoms with Gasteiger partial charge in [-0.3, -0.25) is 0 Å². The van der Waals surface area contributed by atoms with E-state index < -0.39 is 0 Å². The van der Waals surface area contributed by atoms with Gasteiger partial charge in [0.15, 0.2) is 0 Å². The Kier molecular flexibility index (Phi) is 5.03. The second kappa shape index (κ2) is 6.54. The third kappa shape index (κ3) is 3.81. The molecule has 0 aliphatic heterocycles. The molecule has 0 unspecified atom stereocenters. The summed E-state index contributed by atoms with van der Waals surface area (Å²) in [7, 11) is 1.69. The average Bonchev–Trinajstić information content (AvgIpc) is 2.76. The lowest BCUT2D eigenvalue weighted by molar-refractivity contribution is 0.182. The number of thioether (sulfide) groups is 1. The molecule has 0 spiro atoms. The summed E-state index contributed by atoms with van der Waals surface area (Å²) in [4.78, 5) is 5.75. The van der Waals surface area contributed by atoms with Crippen LogP contribution in [0.25, 0.3) is 0 Å². The summed E-state index contributed by atoms with van der Waals surface area (Å²) in [5.74, 6) is 0.900. The van der Waals surface area contributed by atoms with Crippen molar-refractivity contribution in [2.24, 2.45) is 0 Å². The van der Waals surface area contributed by atoms with E-state index in [0.29, 0.717) is 6.61 Å². The zero-order valence-corrected chi connectivity index (χ0v) is 12.6. The highest BCUT2D eigenvalue weighted by molar-refractivity contribution is 9.10. The minimum atomic E-state index is 0.593. The first-order valence-electron chi connectivity index (χ1n) is 5.09. The van der Waals surface area contributed by atoms with E-state index in [1.54, 1.807) is 30.2 Å². The zero-order valence-electron chi connectivity index (χ0n) is 9.35. The van der Waals surface area contributed by atoms with Gasteiger partial charge in [0, 0.05) is 21.9 Å². The maximum atomic E-state index is 5.05. The van der Waals surface area contributed by atoms with Gasteiger partial charge in [0.2, 0.25) is 0 Å². The van der Waals surface area contributed by atoms with E-state index in [1.807, 2.05) is 12.1 Å². The summed E-state index contributed by atoms with van der Waals surface area (Å²) in [6.07, 6.45) is 0. The lowest BCUT2D eigenvalue weighted by atomic mass is 10.4. The molecule has 0 radical (unpaired) electrons. The highest BCUT2D eigenvalue weighted by Crippen LogP contribution is 2.30. The minimum Gasteiger partial charge on any atom is -0.378 e. The largest absolute Gasteiger partial charge is 0.378 e. The fourth-order valence-electron chi connectivity index (χ4n) is 1.33.